The molecular weight excluding hydrogens is 387 g/mol. The minimum atomic E-state index is -4.50. The van der Waals surface area contributed by atoms with Crippen molar-refractivity contribution in [2.24, 2.45) is 5.92 Å². The normalized spacial score (nSPS) is 17.0. The van der Waals surface area contributed by atoms with E-state index in [1.54, 1.807) is 18.2 Å². The van der Waals surface area contributed by atoms with E-state index in [4.69, 9.17) is 9.47 Å². The van der Waals surface area contributed by atoms with Crippen LogP contribution in [0.5, 0.6) is 11.5 Å². The minimum Gasteiger partial charge on any atom is -0.497 e. The molecule has 29 heavy (non-hydrogen) atoms. The second kappa shape index (κ2) is 8.59. The molecule has 2 heterocycles. The number of piperidine rings is 1. The molecule has 1 aliphatic rings. The minimum absolute atomic E-state index is 0.138. The Hall–Kier alpha value is -2.97. The van der Waals surface area contributed by atoms with E-state index in [-0.39, 0.29) is 18.3 Å². The molecule has 1 saturated heterocycles. The van der Waals surface area contributed by atoms with E-state index < -0.39 is 17.7 Å². The molecule has 1 aromatic carbocycles. The standard InChI is InChI=1S/C20H22F3N3O3/c1-28-15-9-14(10-16(11-15)29-2)25-19(27)13-5-4-8-26(12-13)18-17(20(21,22)23)6-3-7-24-18/h3,6-7,9-11,13H,4-5,8,12H2,1-2H3,(H,25,27). The summed E-state index contributed by atoms with van der Waals surface area (Å²) in [6.07, 6.45) is -2.00. The largest absolute Gasteiger partial charge is 0.497 e. The predicted molar refractivity (Wildman–Crippen MR) is 102 cm³/mol. The zero-order valence-corrected chi connectivity index (χ0v) is 16.1. The van der Waals surface area contributed by atoms with Crippen LogP contribution in [0.15, 0.2) is 36.5 Å². The first kappa shape index (κ1) is 20.8. The van der Waals surface area contributed by atoms with Gasteiger partial charge in [-0.05, 0) is 25.0 Å². The molecule has 0 spiro atoms. The number of nitrogens with one attached hydrogen (secondary N) is 1. The zero-order valence-electron chi connectivity index (χ0n) is 16.1. The summed E-state index contributed by atoms with van der Waals surface area (Å²) < 4.78 is 50.3. The Morgan fingerprint density at radius 3 is 2.52 bits per heavy atom. The topological polar surface area (TPSA) is 63.7 Å². The maximum Gasteiger partial charge on any atom is 0.419 e. The van der Waals surface area contributed by atoms with Crippen molar-refractivity contribution in [1.82, 2.24) is 4.98 Å². The summed E-state index contributed by atoms with van der Waals surface area (Å²) in [5.41, 5.74) is -0.296. The average molecular weight is 409 g/mol. The van der Waals surface area contributed by atoms with Gasteiger partial charge in [0.2, 0.25) is 5.91 Å². The van der Waals surface area contributed by atoms with Crippen LogP contribution in [-0.4, -0.2) is 38.2 Å². The smallest absolute Gasteiger partial charge is 0.419 e. The number of anilines is 2. The van der Waals surface area contributed by atoms with Crippen molar-refractivity contribution < 1.29 is 27.4 Å². The van der Waals surface area contributed by atoms with Crippen LogP contribution in [0, 0.1) is 5.92 Å². The van der Waals surface area contributed by atoms with E-state index in [2.05, 4.69) is 10.3 Å². The Labute approximate surface area is 166 Å². The number of halogens is 3. The summed E-state index contributed by atoms with van der Waals surface area (Å²) in [6, 6.07) is 7.26. The van der Waals surface area contributed by atoms with Gasteiger partial charge in [-0.1, -0.05) is 0 Å². The third-order valence-corrected chi connectivity index (χ3v) is 4.80. The van der Waals surface area contributed by atoms with E-state index in [0.29, 0.717) is 36.6 Å². The summed E-state index contributed by atoms with van der Waals surface area (Å²) >= 11 is 0. The maximum absolute atomic E-state index is 13.3. The Bertz CT molecular complexity index is 851. The molecule has 9 heteroatoms. The number of methoxy groups -OCH3 is 2. The van der Waals surface area contributed by atoms with Crippen LogP contribution < -0.4 is 19.7 Å². The second-order valence-corrected chi connectivity index (χ2v) is 6.75. The number of carbonyl (C=O) groups is 1. The van der Waals surface area contributed by atoms with Gasteiger partial charge in [-0.3, -0.25) is 4.79 Å². The quantitative estimate of drug-likeness (QED) is 0.810. The van der Waals surface area contributed by atoms with Crippen LogP contribution in [-0.2, 0) is 11.0 Å². The molecular formula is C20H22F3N3O3. The fraction of sp³-hybridized carbons (Fsp3) is 0.400. The summed E-state index contributed by atoms with van der Waals surface area (Å²) in [6.45, 7) is 0.573. The van der Waals surface area contributed by atoms with E-state index in [1.807, 2.05) is 0 Å². The Morgan fingerprint density at radius 2 is 1.90 bits per heavy atom. The van der Waals surface area contributed by atoms with Crippen molar-refractivity contribution in [2.45, 2.75) is 19.0 Å². The summed E-state index contributed by atoms with van der Waals surface area (Å²) in [4.78, 5) is 18.2. The van der Waals surface area contributed by atoms with Gasteiger partial charge in [-0.25, -0.2) is 4.98 Å². The van der Waals surface area contributed by atoms with Gasteiger partial charge in [0.05, 0.1) is 25.7 Å². The number of hydrogen-bond acceptors (Lipinski definition) is 5. The number of pyridine rings is 1. The van der Waals surface area contributed by atoms with E-state index in [0.717, 1.165) is 6.07 Å². The number of alkyl halides is 3. The lowest BCUT2D eigenvalue weighted by atomic mass is 9.96. The fourth-order valence-electron chi connectivity index (χ4n) is 3.38. The first-order valence-corrected chi connectivity index (χ1v) is 9.13. The first-order valence-electron chi connectivity index (χ1n) is 9.13. The molecule has 0 saturated carbocycles. The molecule has 0 bridgehead atoms. The van der Waals surface area contributed by atoms with Gasteiger partial charge in [0.1, 0.15) is 17.3 Å². The highest BCUT2D eigenvalue weighted by atomic mass is 19.4. The zero-order chi connectivity index (χ0) is 21.0. The van der Waals surface area contributed by atoms with Crippen LogP contribution in [0.1, 0.15) is 18.4 Å². The van der Waals surface area contributed by atoms with Crippen LogP contribution in [0.3, 0.4) is 0 Å². The summed E-state index contributed by atoms with van der Waals surface area (Å²) in [7, 11) is 3.01. The molecule has 3 rings (SSSR count). The molecule has 1 aromatic heterocycles. The molecule has 0 aliphatic carbocycles. The lowest BCUT2D eigenvalue weighted by Crippen LogP contribution is -2.42. The lowest BCUT2D eigenvalue weighted by molar-refractivity contribution is -0.137. The van der Waals surface area contributed by atoms with Gasteiger partial charge in [-0.15, -0.1) is 0 Å². The molecule has 1 aliphatic heterocycles. The van der Waals surface area contributed by atoms with Gasteiger partial charge in [0.25, 0.3) is 0 Å². The molecule has 6 nitrogen and oxygen atoms in total. The van der Waals surface area contributed by atoms with E-state index in [9.17, 15) is 18.0 Å². The number of rotatable bonds is 5. The summed E-state index contributed by atoms with van der Waals surface area (Å²) in [5.74, 6) is 0.167. The fourth-order valence-corrected chi connectivity index (χ4v) is 3.38. The number of hydrogen-bond donors (Lipinski definition) is 1. The number of ether oxygens (including phenoxy) is 2. The van der Waals surface area contributed by atoms with Crippen molar-refractivity contribution in [1.29, 1.82) is 0 Å². The van der Waals surface area contributed by atoms with Crippen molar-refractivity contribution in [2.75, 3.05) is 37.5 Å². The number of aromatic nitrogens is 1. The highest BCUT2D eigenvalue weighted by molar-refractivity contribution is 5.93. The van der Waals surface area contributed by atoms with E-state index in [1.165, 1.54) is 31.4 Å². The number of benzene rings is 1. The molecule has 2 aromatic rings. The van der Waals surface area contributed by atoms with Crippen molar-refractivity contribution in [3.63, 3.8) is 0 Å². The predicted octanol–water partition coefficient (Wildman–Crippen LogP) is 3.97. The Balaban J connectivity index is 1.76. The van der Waals surface area contributed by atoms with Gasteiger partial charge >= 0.3 is 6.18 Å². The second-order valence-electron chi connectivity index (χ2n) is 6.75. The summed E-state index contributed by atoms with van der Waals surface area (Å²) in [5, 5.41) is 2.81. The van der Waals surface area contributed by atoms with E-state index >= 15 is 0 Å². The molecule has 156 valence electrons. The molecule has 1 fully saturated rings. The highest BCUT2D eigenvalue weighted by Crippen LogP contribution is 2.36. The van der Waals surface area contributed by atoms with Crippen molar-refractivity contribution >= 4 is 17.4 Å². The number of nitrogens with zero attached hydrogens (tertiary/aromatic N) is 2. The van der Waals surface area contributed by atoms with Crippen LogP contribution in [0.25, 0.3) is 0 Å². The van der Waals surface area contributed by atoms with Crippen molar-refractivity contribution in [3.8, 4) is 11.5 Å². The Kier molecular flexibility index (Phi) is 6.14. The maximum atomic E-state index is 13.3. The van der Waals surface area contributed by atoms with Gasteiger partial charge in [0, 0.05) is 43.2 Å². The van der Waals surface area contributed by atoms with Gasteiger partial charge in [-0.2, -0.15) is 13.2 Å². The van der Waals surface area contributed by atoms with Crippen molar-refractivity contribution in [3.05, 3.63) is 42.1 Å². The Morgan fingerprint density at radius 1 is 1.21 bits per heavy atom. The number of carbonyl (C=O) groups excluding carboxylic acids is 1. The third kappa shape index (κ3) is 4.90. The average Bonchev–Trinajstić information content (AvgIpc) is 2.72. The van der Waals surface area contributed by atoms with Crippen LogP contribution >= 0.6 is 0 Å². The van der Waals surface area contributed by atoms with Crippen LogP contribution in [0.2, 0.25) is 0 Å². The molecule has 1 unspecified atom stereocenters. The SMILES string of the molecule is COc1cc(NC(=O)C2CCCN(c3ncccc3C(F)(F)F)C2)cc(OC)c1. The molecule has 1 amide bonds. The molecule has 1 N–H and O–H groups in total. The van der Waals surface area contributed by atoms with Crippen LogP contribution in [0.4, 0.5) is 24.7 Å². The van der Waals surface area contributed by atoms with Gasteiger partial charge < -0.3 is 19.7 Å². The first-order chi connectivity index (χ1) is 13.8. The molecule has 1 atom stereocenters. The highest BCUT2D eigenvalue weighted by Gasteiger charge is 2.37. The van der Waals surface area contributed by atoms with Gasteiger partial charge in [0.15, 0.2) is 0 Å². The number of amides is 1. The lowest BCUT2D eigenvalue weighted by Gasteiger charge is -2.34. The third-order valence-electron chi connectivity index (χ3n) is 4.80. The molecule has 0 radical (unpaired) electrons. The monoisotopic (exact) mass is 409 g/mol.